The number of aromatic nitrogens is 10. The van der Waals surface area contributed by atoms with Crippen molar-refractivity contribution in [2.75, 3.05) is 25.2 Å². The molecular formula is C32H28Cl8N12NaO6P. The molecule has 0 saturated heterocycles. The van der Waals surface area contributed by atoms with Gasteiger partial charge < -0.3 is 26.3 Å². The summed E-state index contributed by atoms with van der Waals surface area (Å²) in [7, 11) is 0.750. The van der Waals surface area contributed by atoms with E-state index in [-0.39, 0.29) is 53.2 Å². The van der Waals surface area contributed by atoms with E-state index in [1.54, 1.807) is 49.8 Å². The van der Waals surface area contributed by atoms with Crippen molar-refractivity contribution < 1.29 is 53.6 Å². The molecule has 314 valence electrons. The molecule has 5 N–H and O–H groups in total. The molecule has 0 aliphatic heterocycles. The van der Waals surface area contributed by atoms with Crippen LogP contribution in [0.4, 0.5) is 11.4 Å². The van der Waals surface area contributed by atoms with Crippen LogP contribution in [0.15, 0.2) is 72.4 Å². The van der Waals surface area contributed by atoms with Crippen molar-refractivity contribution >= 4 is 154 Å². The number of carbonyl (C=O) groups excluding carboxylic acids is 2. The number of halogens is 8. The average molecular weight is 1010 g/mol. The zero-order chi connectivity index (χ0) is 44.7. The molecule has 0 bridgehead atoms. The van der Waals surface area contributed by atoms with Gasteiger partial charge in [0.15, 0.2) is 20.6 Å². The molecule has 0 atom stereocenters. The number of fused-ring (bicyclic) bond motifs is 3. The van der Waals surface area contributed by atoms with Crippen LogP contribution in [-0.2, 0) is 18.9 Å². The van der Waals surface area contributed by atoms with Crippen molar-refractivity contribution in [2.24, 2.45) is 0 Å². The molecule has 18 nitrogen and oxygen atoms in total. The molecule has 60 heavy (non-hydrogen) atoms. The molecule has 0 radical (unpaired) electrons. The minimum absolute atomic E-state index is 0. The van der Waals surface area contributed by atoms with E-state index in [0.29, 0.717) is 59.6 Å². The first-order valence-corrected chi connectivity index (χ1v) is 21.7. The van der Waals surface area contributed by atoms with Gasteiger partial charge in [-0.1, -0.05) is 58.0 Å². The molecule has 0 aliphatic carbocycles. The SMILES string of the molecule is CCOC(=O)C=O.C[O-].Cc1cnc2c(Cl)nccc2n1.Clc1cnc2c(Cl)nccc2n1.Nc1ccnc(Cl)c1N.O=P(Cl)(Cl)Cl.O=c1cnc2c(Cl)nccc2[nH]1.[Na+]. The van der Waals surface area contributed by atoms with Crippen LogP contribution < -0.4 is 51.7 Å². The van der Waals surface area contributed by atoms with Gasteiger partial charge in [-0.05, 0) is 71.8 Å². The fraction of sp³-hybridized carbons (Fsp3) is 0.125. The normalized spacial score (nSPS) is 9.67. The molecule has 0 saturated carbocycles. The largest absolute Gasteiger partial charge is 1.00 e. The quantitative estimate of drug-likeness (QED) is 0.0527. The summed E-state index contributed by atoms with van der Waals surface area (Å²) in [5.74, 6) is -0.803. The van der Waals surface area contributed by atoms with Crippen LogP contribution >= 0.6 is 96.9 Å². The van der Waals surface area contributed by atoms with Crippen molar-refractivity contribution in [2.45, 2.75) is 13.8 Å². The number of aryl methyl sites for hydroxylation is 1. The second-order valence-corrected chi connectivity index (χ2v) is 18.2. The first-order valence-electron chi connectivity index (χ1n) is 15.4. The minimum Gasteiger partial charge on any atom is -0.857 e. The predicted octanol–water partition coefficient (Wildman–Crippen LogP) is 4.73. The Hall–Kier alpha value is -3.33. The summed E-state index contributed by atoms with van der Waals surface area (Å²) in [5.41, 5.74) is 16.0. The van der Waals surface area contributed by atoms with Crippen LogP contribution in [-0.4, -0.2) is 75.8 Å². The second-order valence-electron chi connectivity index (χ2n) is 9.76. The number of carbonyl (C=O) groups is 2. The van der Waals surface area contributed by atoms with Gasteiger partial charge in [0.25, 0.3) is 5.56 Å². The van der Waals surface area contributed by atoms with E-state index in [2.05, 4.69) is 88.3 Å². The average Bonchev–Trinajstić information content (AvgIpc) is 3.18. The topological polar surface area (TPSA) is 284 Å². The van der Waals surface area contributed by atoms with Gasteiger partial charge in [0.2, 0.25) is 6.29 Å². The third-order valence-corrected chi connectivity index (χ3v) is 7.04. The van der Waals surface area contributed by atoms with Gasteiger partial charge in [-0.3, -0.25) is 14.2 Å². The van der Waals surface area contributed by atoms with Crippen LogP contribution in [0.1, 0.15) is 12.6 Å². The van der Waals surface area contributed by atoms with Crippen LogP contribution in [0, 0.1) is 6.92 Å². The number of rotatable bonds is 2. The third kappa shape index (κ3) is 22.0. The number of hydrogen-bond acceptors (Lipinski definition) is 17. The summed E-state index contributed by atoms with van der Waals surface area (Å²) < 4.78 is 13.7. The van der Waals surface area contributed by atoms with Crippen molar-refractivity contribution in [3.63, 3.8) is 0 Å². The molecule has 0 aromatic carbocycles. The van der Waals surface area contributed by atoms with Gasteiger partial charge in [-0.25, -0.2) is 49.7 Å². The molecule has 0 fully saturated rings. The summed E-state index contributed by atoms with van der Waals surface area (Å²) in [6.07, 6.45) is 10.7. The Labute approximate surface area is 402 Å². The van der Waals surface area contributed by atoms with Crippen LogP contribution in [0.2, 0.25) is 25.8 Å². The van der Waals surface area contributed by atoms with Gasteiger partial charge in [-0.15, -0.1) is 0 Å². The molecule has 7 heterocycles. The molecule has 0 aliphatic rings. The van der Waals surface area contributed by atoms with E-state index in [9.17, 15) is 18.9 Å². The van der Waals surface area contributed by atoms with Crippen molar-refractivity contribution in [1.29, 1.82) is 0 Å². The van der Waals surface area contributed by atoms with E-state index >= 15 is 0 Å². The molecule has 7 aromatic heterocycles. The molecule has 0 spiro atoms. The van der Waals surface area contributed by atoms with Gasteiger partial charge in [0, 0.05) is 31.0 Å². The summed E-state index contributed by atoms with van der Waals surface area (Å²) in [6.45, 7) is 3.79. The number of H-pyrrole nitrogens is 1. The van der Waals surface area contributed by atoms with Crippen molar-refractivity contribution in [1.82, 2.24) is 49.8 Å². The number of esters is 1. The summed E-state index contributed by atoms with van der Waals surface area (Å²) in [5, 5.41) is 6.68. The molecule has 0 amide bonds. The van der Waals surface area contributed by atoms with E-state index in [4.69, 9.17) is 74.6 Å². The Morgan fingerprint density at radius 1 is 0.750 bits per heavy atom. The number of anilines is 2. The van der Waals surface area contributed by atoms with Gasteiger partial charge in [0.1, 0.15) is 21.7 Å². The van der Waals surface area contributed by atoms with E-state index in [1.807, 2.05) is 6.92 Å². The van der Waals surface area contributed by atoms with Gasteiger partial charge in [0.05, 0.1) is 52.6 Å². The van der Waals surface area contributed by atoms with Gasteiger partial charge in [-0.2, -0.15) is 7.11 Å². The number of nitrogen functional groups attached to an aromatic ring is 2. The maximum absolute atomic E-state index is 10.8. The summed E-state index contributed by atoms with van der Waals surface area (Å²) in [6, 6.07) is 6.75. The molecule has 7 rings (SSSR count). The van der Waals surface area contributed by atoms with Crippen LogP contribution in [0.25, 0.3) is 33.1 Å². The predicted molar refractivity (Wildman–Crippen MR) is 231 cm³/mol. The molecule has 7 aromatic rings. The Kier molecular flexibility index (Phi) is 28.2. The number of nitrogens with zero attached hydrogens (tertiary/aromatic N) is 9. The number of pyridine rings is 4. The molecule has 0 unspecified atom stereocenters. The second kappa shape index (κ2) is 29.8. The van der Waals surface area contributed by atoms with Crippen molar-refractivity contribution in [3.05, 3.63) is 109 Å². The Balaban J connectivity index is 0.000000703. The smallest absolute Gasteiger partial charge is 0.857 e. The maximum atomic E-state index is 10.8. The Morgan fingerprint density at radius 2 is 1.20 bits per heavy atom. The number of ether oxygens (including phenoxy) is 1. The van der Waals surface area contributed by atoms with E-state index < -0.39 is 11.2 Å². The number of aromatic amines is 1. The minimum atomic E-state index is -3.22. The number of nitrogens with one attached hydrogen (secondary N) is 1. The number of aldehydes is 1. The summed E-state index contributed by atoms with van der Waals surface area (Å²) >= 11 is 42.2. The standard InChI is InChI=1S/C8H6ClN3.C7H3Cl2N3.C7H4ClN3O.C5H6ClN3.C4H6O3.CH3O.Cl3OP.Na/c1-5-4-11-7-6(12-5)2-3-10-8(7)9;8-5-3-11-6-4(12-5)1-2-10-7(6)9;8-7-6-4(1-2-9-7)11-5(12)3-10-6;6-5-4(8)3(7)1-2-9-5;1-2-7-4(6)3-5;1-2;1-5(2,3)4;/h2-4H,1H3;1-3H;1-3H,(H,11,12);1-2H,8H2,(H2,7,9);3H,2H2,1H3;1H3;;/q;;;;;-1;;+1. The first-order chi connectivity index (χ1) is 27.8. The van der Waals surface area contributed by atoms with Crippen LogP contribution in [0.3, 0.4) is 0 Å². The first kappa shape index (κ1) is 56.7. The Morgan fingerprint density at radius 3 is 1.68 bits per heavy atom. The molecule has 28 heteroatoms. The fourth-order valence-electron chi connectivity index (χ4n) is 3.47. The molecular weight excluding hydrogens is 986 g/mol. The summed E-state index contributed by atoms with van der Waals surface area (Å²) in [4.78, 5) is 68.1. The number of nitrogens with two attached hydrogens (primary N) is 2. The third-order valence-electron chi connectivity index (χ3n) is 5.73. The maximum Gasteiger partial charge on any atom is 1.00 e. The van der Waals surface area contributed by atoms with E-state index in [1.165, 1.54) is 24.8 Å². The Bertz CT molecular complexity index is 2450. The van der Waals surface area contributed by atoms with E-state index in [0.717, 1.165) is 18.3 Å². The zero-order valence-corrected chi connectivity index (χ0v) is 40.2. The fourth-order valence-corrected chi connectivity index (χ4v) is 4.39. The van der Waals surface area contributed by atoms with Crippen LogP contribution in [0.5, 0.6) is 0 Å². The van der Waals surface area contributed by atoms with Gasteiger partial charge >= 0.3 is 40.7 Å². The van der Waals surface area contributed by atoms with Crippen molar-refractivity contribution in [3.8, 4) is 0 Å². The number of hydrogen-bond donors (Lipinski definition) is 3. The zero-order valence-electron chi connectivity index (χ0n) is 31.2. The monoisotopic (exact) mass is 1010 g/mol.